The Kier molecular flexibility index (Phi) is 3.06. The molecule has 0 atom stereocenters. The van der Waals surface area contributed by atoms with Crippen molar-refractivity contribution in [3.63, 3.8) is 0 Å². The van der Waals surface area contributed by atoms with Crippen molar-refractivity contribution in [2.75, 3.05) is 0 Å². The van der Waals surface area contributed by atoms with Gasteiger partial charge >= 0.3 is 0 Å². The molecule has 1 aliphatic rings. The molecule has 0 aliphatic heterocycles. The molecule has 19 heavy (non-hydrogen) atoms. The van der Waals surface area contributed by atoms with Gasteiger partial charge in [0.1, 0.15) is 0 Å². The quantitative estimate of drug-likeness (QED) is 0.798. The molecule has 0 fully saturated rings. The average Bonchev–Trinajstić information content (AvgIpc) is 2.93. The van der Waals surface area contributed by atoms with Crippen LogP contribution in [0.5, 0.6) is 0 Å². The number of aromatic nitrogens is 1. The van der Waals surface area contributed by atoms with Crippen LogP contribution >= 0.6 is 0 Å². The van der Waals surface area contributed by atoms with E-state index in [1.54, 1.807) is 5.57 Å². The van der Waals surface area contributed by atoms with Gasteiger partial charge in [0.15, 0.2) is 0 Å². The van der Waals surface area contributed by atoms with E-state index >= 15 is 0 Å². The fourth-order valence-corrected chi connectivity index (χ4v) is 3.11. The summed E-state index contributed by atoms with van der Waals surface area (Å²) in [6.45, 7) is 6.66. The van der Waals surface area contributed by atoms with Crippen LogP contribution in [0.2, 0.25) is 0 Å². The summed E-state index contributed by atoms with van der Waals surface area (Å²) < 4.78 is 0. The highest BCUT2D eigenvalue weighted by molar-refractivity contribution is 5.97. The molecule has 1 heterocycles. The summed E-state index contributed by atoms with van der Waals surface area (Å²) in [5.74, 6) is 0. The van der Waals surface area contributed by atoms with Crippen LogP contribution in [-0.4, -0.2) is 4.98 Å². The normalized spacial score (nSPS) is 14.1. The van der Waals surface area contributed by atoms with E-state index in [-0.39, 0.29) is 0 Å². The predicted molar refractivity (Wildman–Crippen MR) is 82.1 cm³/mol. The van der Waals surface area contributed by atoms with E-state index in [0.29, 0.717) is 0 Å². The van der Waals surface area contributed by atoms with Crippen LogP contribution in [0, 0.1) is 13.8 Å². The van der Waals surface area contributed by atoms with Gasteiger partial charge in [0, 0.05) is 18.3 Å². The van der Waals surface area contributed by atoms with E-state index < -0.39 is 0 Å². The number of nitrogens with one attached hydrogen (secondary N) is 1. The molecule has 1 heteroatoms. The molecular weight excluding hydrogens is 230 g/mol. The van der Waals surface area contributed by atoms with Crippen molar-refractivity contribution >= 4 is 11.1 Å². The first-order valence-corrected chi connectivity index (χ1v) is 7.17. The lowest BCUT2D eigenvalue weighted by Crippen LogP contribution is -1.90. The van der Waals surface area contributed by atoms with E-state index in [1.165, 1.54) is 46.4 Å². The van der Waals surface area contributed by atoms with Gasteiger partial charge in [-0.3, -0.25) is 0 Å². The molecule has 0 unspecified atom stereocenters. The summed E-state index contributed by atoms with van der Waals surface area (Å²) in [7, 11) is 0. The number of allylic oxidation sites excluding steroid dienone is 2. The van der Waals surface area contributed by atoms with Gasteiger partial charge in [-0.1, -0.05) is 37.6 Å². The van der Waals surface area contributed by atoms with Crippen molar-refractivity contribution in [2.45, 2.75) is 40.0 Å². The zero-order valence-electron chi connectivity index (χ0n) is 12.0. The number of hydrogen-bond acceptors (Lipinski definition) is 0. The van der Waals surface area contributed by atoms with E-state index in [4.69, 9.17) is 0 Å². The second-order valence-electron chi connectivity index (χ2n) is 5.51. The lowest BCUT2D eigenvalue weighted by molar-refractivity contribution is 0.976. The van der Waals surface area contributed by atoms with Crippen LogP contribution in [0.15, 0.2) is 30.5 Å². The number of hydrogen-bond donors (Lipinski definition) is 1. The van der Waals surface area contributed by atoms with Gasteiger partial charge in [-0.25, -0.2) is 0 Å². The maximum absolute atomic E-state index is 3.48. The van der Waals surface area contributed by atoms with Crippen LogP contribution in [-0.2, 0) is 6.42 Å². The minimum atomic E-state index is 1.08. The molecule has 0 saturated heterocycles. The maximum Gasteiger partial charge on any atom is 0.0451 e. The highest BCUT2D eigenvalue weighted by Gasteiger charge is 2.23. The molecule has 3 rings (SSSR count). The second-order valence-corrected chi connectivity index (χ2v) is 5.51. The Morgan fingerprint density at radius 1 is 1.16 bits per heavy atom. The van der Waals surface area contributed by atoms with Crippen LogP contribution < -0.4 is 0 Å². The highest BCUT2D eigenvalue weighted by Crippen LogP contribution is 2.41. The molecule has 0 bridgehead atoms. The van der Waals surface area contributed by atoms with Crippen molar-refractivity contribution in [1.82, 2.24) is 4.98 Å². The number of benzene rings is 1. The topological polar surface area (TPSA) is 15.8 Å². The van der Waals surface area contributed by atoms with E-state index in [2.05, 4.69) is 56.2 Å². The molecule has 1 nitrogen and oxygen atoms in total. The Morgan fingerprint density at radius 3 is 2.63 bits per heavy atom. The van der Waals surface area contributed by atoms with Gasteiger partial charge < -0.3 is 4.98 Å². The summed E-state index contributed by atoms with van der Waals surface area (Å²) in [4.78, 5) is 3.48. The Hall–Kier alpha value is -1.76. The van der Waals surface area contributed by atoms with Crippen LogP contribution in [0.25, 0.3) is 11.1 Å². The molecule has 1 aromatic heterocycles. The first kappa shape index (κ1) is 12.3. The number of aryl methyl sites for hydroxylation is 1. The standard InChI is InChI=1S/C18H21N/c1-4-7-16-15-9-6-5-8-14(15)10-17(16)18-13(3)12(2)11-19-18/h5-6,8-9,11,19H,4,7,10H2,1-3H3. The zero-order valence-corrected chi connectivity index (χ0v) is 12.0. The monoisotopic (exact) mass is 251 g/mol. The van der Waals surface area contributed by atoms with Crippen molar-refractivity contribution in [1.29, 1.82) is 0 Å². The first-order chi connectivity index (χ1) is 9.22. The molecule has 1 N–H and O–H groups in total. The van der Waals surface area contributed by atoms with E-state index in [1.807, 2.05) is 0 Å². The second kappa shape index (κ2) is 4.73. The summed E-state index contributed by atoms with van der Waals surface area (Å²) >= 11 is 0. The minimum Gasteiger partial charge on any atom is -0.361 e. The zero-order chi connectivity index (χ0) is 13.4. The molecule has 98 valence electrons. The number of fused-ring (bicyclic) bond motifs is 1. The van der Waals surface area contributed by atoms with Gasteiger partial charge in [0.05, 0.1) is 0 Å². The van der Waals surface area contributed by atoms with Gasteiger partial charge in [-0.15, -0.1) is 0 Å². The molecule has 1 aromatic carbocycles. The molecule has 0 saturated carbocycles. The van der Waals surface area contributed by atoms with Gasteiger partial charge in [-0.2, -0.15) is 0 Å². The van der Waals surface area contributed by atoms with Crippen LogP contribution in [0.1, 0.15) is 47.7 Å². The average molecular weight is 251 g/mol. The summed E-state index contributed by atoms with van der Waals surface area (Å²) in [6, 6.07) is 8.85. The maximum atomic E-state index is 3.48. The van der Waals surface area contributed by atoms with E-state index in [9.17, 15) is 0 Å². The van der Waals surface area contributed by atoms with Gasteiger partial charge in [0.25, 0.3) is 0 Å². The van der Waals surface area contributed by atoms with Crippen molar-refractivity contribution in [3.8, 4) is 0 Å². The van der Waals surface area contributed by atoms with Crippen molar-refractivity contribution in [3.05, 3.63) is 58.4 Å². The first-order valence-electron chi connectivity index (χ1n) is 7.17. The smallest absolute Gasteiger partial charge is 0.0451 e. The largest absolute Gasteiger partial charge is 0.361 e. The summed E-state index contributed by atoms with van der Waals surface area (Å²) in [5.41, 5.74) is 10.1. The molecule has 0 amide bonds. The highest BCUT2D eigenvalue weighted by atomic mass is 14.7. The fraction of sp³-hybridized carbons (Fsp3) is 0.333. The van der Waals surface area contributed by atoms with Crippen molar-refractivity contribution < 1.29 is 0 Å². The molecule has 0 spiro atoms. The Morgan fingerprint density at radius 2 is 1.95 bits per heavy atom. The van der Waals surface area contributed by atoms with E-state index in [0.717, 1.165) is 6.42 Å². The van der Waals surface area contributed by atoms with Gasteiger partial charge in [0.2, 0.25) is 0 Å². The Bertz CT molecular complexity index is 643. The van der Waals surface area contributed by atoms with Gasteiger partial charge in [-0.05, 0) is 53.7 Å². The minimum absolute atomic E-state index is 1.08. The predicted octanol–water partition coefficient (Wildman–Crippen LogP) is 4.90. The lowest BCUT2D eigenvalue weighted by Gasteiger charge is -2.08. The number of aromatic amines is 1. The molecule has 1 aliphatic carbocycles. The summed E-state index contributed by atoms with van der Waals surface area (Å²) in [6.07, 6.45) is 5.58. The van der Waals surface area contributed by atoms with Crippen LogP contribution in [0.3, 0.4) is 0 Å². The molecule has 0 radical (unpaired) electrons. The Balaban J connectivity index is 2.14. The Labute approximate surface area is 115 Å². The third-order valence-electron chi connectivity index (χ3n) is 4.28. The third-order valence-corrected chi connectivity index (χ3v) is 4.28. The number of rotatable bonds is 3. The fourth-order valence-electron chi connectivity index (χ4n) is 3.11. The summed E-state index contributed by atoms with van der Waals surface area (Å²) in [5, 5.41) is 0. The van der Waals surface area contributed by atoms with Crippen LogP contribution in [0.4, 0.5) is 0 Å². The molecule has 2 aromatic rings. The lowest BCUT2D eigenvalue weighted by atomic mass is 9.98. The third kappa shape index (κ3) is 1.94. The SMILES string of the molecule is CCCC1=C(c2[nH]cc(C)c2C)Cc2ccccc21. The molecular formula is C18H21N. The number of H-pyrrole nitrogens is 1. The van der Waals surface area contributed by atoms with Crippen molar-refractivity contribution in [2.24, 2.45) is 0 Å².